The monoisotopic (exact) mass is 413 g/mol. The molecule has 1 aromatic carbocycles. The average molecular weight is 414 g/mol. The van der Waals surface area contributed by atoms with Crippen LogP contribution in [0.4, 0.5) is 0 Å². The highest BCUT2D eigenvalue weighted by Gasteiger charge is 2.51. The van der Waals surface area contributed by atoms with Crippen LogP contribution in [-0.2, 0) is 20.9 Å². The van der Waals surface area contributed by atoms with E-state index in [-0.39, 0.29) is 35.7 Å². The van der Waals surface area contributed by atoms with Gasteiger partial charge in [-0.25, -0.2) is 0 Å². The molecule has 3 aliphatic rings. The van der Waals surface area contributed by atoms with E-state index in [0.717, 1.165) is 30.8 Å². The molecule has 7 nitrogen and oxygen atoms in total. The molecule has 0 bridgehead atoms. The Morgan fingerprint density at radius 2 is 1.67 bits per heavy atom. The third-order valence-electron chi connectivity index (χ3n) is 6.24. The molecule has 162 valence electrons. The van der Waals surface area contributed by atoms with Crippen LogP contribution in [0.2, 0.25) is 0 Å². The van der Waals surface area contributed by atoms with Crippen molar-refractivity contribution in [1.29, 1.82) is 0 Å². The fourth-order valence-electron chi connectivity index (χ4n) is 4.81. The van der Waals surface area contributed by atoms with Crippen molar-refractivity contribution in [2.45, 2.75) is 45.8 Å². The van der Waals surface area contributed by atoms with E-state index < -0.39 is 0 Å². The molecule has 0 unspecified atom stereocenters. The number of fused-ring (bicyclic) bond motifs is 1. The van der Waals surface area contributed by atoms with Gasteiger partial charge in [0, 0.05) is 45.7 Å². The van der Waals surface area contributed by atoms with Gasteiger partial charge in [-0.2, -0.15) is 0 Å². The van der Waals surface area contributed by atoms with Crippen LogP contribution in [0.3, 0.4) is 0 Å². The molecule has 0 saturated carbocycles. The molecule has 4 rings (SSSR count). The van der Waals surface area contributed by atoms with Crippen molar-refractivity contribution in [3.8, 4) is 5.75 Å². The molecule has 0 spiro atoms. The number of rotatable bonds is 8. The smallest absolute Gasteiger partial charge is 0.234 e. The molecular formula is C23H31N3O4. The summed E-state index contributed by atoms with van der Waals surface area (Å²) in [6.45, 7) is 7.83. The van der Waals surface area contributed by atoms with Crippen molar-refractivity contribution in [2.75, 3.05) is 32.7 Å². The highest BCUT2D eigenvalue weighted by Crippen LogP contribution is 2.34. The van der Waals surface area contributed by atoms with Crippen molar-refractivity contribution >= 4 is 17.7 Å². The summed E-state index contributed by atoms with van der Waals surface area (Å²) >= 11 is 0. The van der Waals surface area contributed by atoms with Crippen LogP contribution in [0, 0.1) is 11.8 Å². The van der Waals surface area contributed by atoms with Crippen molar-refractivity contribution in [3.63, 3.8) is 0 Å². The fraction of sp³-hybridized carbons (Fsp3) is 0.609. The fourth-order valence-corrected chi connectivity index (χ4v) is 4.81. The molecule has 3 aliphatic heterocycles. The van der Waals surface area contributed by atoms with Gasteiger partial charge in [-0.05, 0) is 44.4 Å². The lowest BCUT2D eigenvalue weighted by atomic mass is 10.00. The van der Waals surface area contributed by atoms with Crippen LogP contribution in [-0.4, -0.2) is 71.2 Å². The Balaban J connectivity index is 1.27. The molecule has 0 radical (unpaired) electrons. The number of likely N-dealkylation sites (tertiary alicyclic amines) is 3. The van der Waals surface area contributed by atoms with Crippen LogP contribution in [0.5, 0.6) is 5.75 Å². The van der Waals surface area contributed by atoms with E-state index in [4.69, 9.17) is 4.74 Å². The maximum Gasteiger partial charge on any atom is 0.234 e. The van der Waals surface area contributed by atoms with Gasteiger partial charge in [0.15, 0.2) is 0 Å². The predicted molar refractivity (Wildman–Crippen MR) is 112 cm³/mol. The second-order valence-corrected chi connectivity index (χ2v) is 8.88. The molecule has 0 aromatic heterocycles. The molecule has 7 heteroatoms. The topological polar surface area (TPSA) is 70.2 Å². The zero-order valence-corrected chi connectivity index (χ0v) is 17.9. The summed E-state index contributed by atoms with van der Waals surface area (Å²) in [5.74, 6) is 0.500. The normalized spacial score (nSPS) is 24.4. The standard InChI is InChI=1S/C23H31N3O4/c1-16(2)30-18-8-6-17(7-9-18)13-24-14-19-20(15-24)23(29)26(22(19)28)12-4-11-25-10-3-5-21(25)27/h6-9,16,19-20H,3-5,10-15H2,1-2H3/t19-,20+. The molecule has 1 aromatic rings. The highest BCUT2D eigenvalue weighted by molar-refractivity contribution is 6.05. The van der Waals surface area contributed by atoms with Crippen LogP contribution in [0.25, 0.3) is 0 Å². The maximum absolute atomic E-state index is 12.8. The van der Waals surface area contributed by atoms with Gasteiger partial charge in [0.1, 0.15) is 5.75 Å². The van der Waals surface area contributed by atoms with Crippen molar-refractivity contribution in [3.05, 3.63) is 29.8 Å². The van der Waals surface area contributed by atoms with E-state index >= 15 is 0 Å². The van der Waals surface area contributed by atoms with Gasteiger partial charge in [-0.15, -0.1) is 0 Å². The second-order valence-electron chi connectivity index (χ2n) is 8.88. The molecule has 0 aliphatic carbocycles. The summed E-state index contributed by atoms with van der Waals surface area (Å²) in [7, 11) is 0. The largest absolute Gasteiger partial charge is 0.491 e. The first-order chi connectivity index (χ1) is 14.4. The van der Waals surface area contributed by atoms with E-state index in [1.807, 2.05) is 43.0 Å². The van der Waals surface area contributed by atoms with Gasteiger partial charge in [0.25, 0.3) is 0 Å². The number of amides is 3. The lowest BCUT2D eigenvalue weighted by Gasteiger charge is -2.22. The van der Waals surface area contributed by atoms with Crippen LogP contribution in [0.1, 0.15) is 38.7 Å². The first-order valence-corrected chi connectivity index (χ1v) is 11.0. The molecule has 2 atom stereocenters. The number of hydrogen-bond acceptors (Lipinski definition) is 5. The van der Waals surface area contributed by atoms with Gasteiger partial charge in [-0.1, -0.05) is 12.1 Å². The predicted octanol–water partition coefficient (Wildman–Crippen LogP) is 1.90. The third kappa shape index (κ3) is 4.36. The first kappa shape index (κ1) is 20.8. The number of benzene rings is 1. The lowest BCUT2D eigenvalue weighted by molar-refractivity contribution is -0.140. The van der Waals surface area contributed by atoms with Gasteiger partial charge >= 0.3 is 0 Å². The summed E-state index contributed by atoms with van der Waals surface area (Å²) in [5, 5.41) is 0. The van der Waals surface area contributed by atoms with E-state index in [9.17, 15) is 14.4 Å². The summed E-state index contributed by atoms with van der Waals surface area (Å²) in [6.07, 6.45) is 2.34. The Hall–Kier alpha value is -2.41. The Morgan fingerprint density at radius 1 is 1.00 bits per heavy atom. The number of carbonyl (C=O) groups excluding carboxylic acids is 3. The maximum atomic E-state index is 12.8. The Bertz CT molecular complexity index is 783. The summed E-state index contributed by atoms with van der Waals surface area (Å²) in [6, 6.07) is 8.02. The van der Waals surface area contributed by atoms with Crippen LogP contribution < -0.4 is 4.74 Å². The summed E-state index contributed by atoms with van der Waals surface area (Å²) < 4.78 is 5.68. The van der Waals surface area contributed by atoms with Crippen molar-refractivity contribution < 1.29 is 19.1 Å². The van der Waals surface area contributed by atoms with Crippen molar-refractivity contribution in [2.24, 2.45) is 11.8 Å². The minimum atomic E-state index is -0.227. The molecule has 3 heterocycles. The number of imide groups is 1. The average Bonchev–Trinajstić information content (AvgIpc) is 3.36. The summed E-state index contributed by atoms with van der Waals surface area (Å²) in [5.41, 5.74) is 1.15. The SMILES string of the molecule is CC(C)Oc1ccc(CN2C[C@@H]3C(=O)N(CCCN4CCCC4=O)C(=O)[C@@H]3C2)cc1. The number of nitrogens with zero attached hydrogens (tertiary/aromatic N) is 3. The molecule has 30 heavy (non-hydrogen) atoms. The molecular weight excluding hydrogens is 382 g/mol. The van der Waals surface area contributed by atoms with E-state index in [0.29, 0.717) is 39.0 Å². The minimum Gasteiger partial charge on any atom is -0.491 e. The van der Waals surface area contributed by atoms with Gasteiger partial charge in [0.05, 0.1) is 17.9 Å². The molecule has 0 N–H and O–H groups in total. The Morgan fingerprint density at radius 3 is 2.23 bits per heavy atom. The Labute approximate surface area is 177 Å². The van der Waals surface area contributed by atoms with E-state index in [2.05, 4.69) is 4.90 Å². The van der Waals surface area contributed by atoms with E-state index in [1.165, 1.54) is 4.90 Å². The number of carbonyl (C=O) groups is 3. The van der Waals surface area contributed by atoms with Gasteiger partial charge in [-0.3, -0.25) is 24.2 Å². The molecule has 3 fully saturated rings. The Kier molecular flexibility index (Phi) is 6.09. The molecule has 3 amide bonds. The number of hydrogen-bond donors (Lipinski definition) is 0. The number of ether oxygens (including phenoxy) is 1. The zero-order chi connectivity index (χ0) is 21.3. The highest BCUT2D eigenvalue weighted by atomic mass is 16.5. The molecule has 3 saturated heterocycles. The minimum absolute atomic E-state index is 0.0408. The van der Waals surface area contributed by atoms with Crippen LogP contribution >= 0.6 is 0 Å². The third-order valence-corrected chi connectivity index (χ3v) is 6.24. The van der Waals surface area contributed by atoms with Crippen molar-refractivity contribution in [1.82, 2.24) is 14.7 Å². The van der Waals surface area contributed by atoms with E-state index in [1.54, 1.807) is 0 Å². The summed E-state index contributed by atoms with van der Waals surface area (Å²) in [4.78, 5) is 42.8. The van der Waals surface area contributed by atoms with Crippen LogP contribution in [0.15, 0.2) is 24.3 Å². The first-order valence-electron chi connectivity index (χ1n) is 11.0. The quantitative estimate of drug-likeness (QED) is 0.609. The lowest BCUT2D eigenvalue weighted by Crippen LogP contribution is -2.38. The van der Waals surface area contributed by atoms with Gasteiger partial charge < -0.3 is 9.64 Å². The zero-order valence-electron chi connectivity index (χ0n) is 17.9. The second kappa shape index (κ2) is 8.76. The van der Waals surface area contributed by atoms with Gasteiger partial charge in [0.2, 0.25) is 17.7 Å².